The molecule has 2 aromatic rings. The third kappa shape index (κ3) is 1.59. The molecule has 0 radical (unpaired) electrons. The number of hydrogen-bond donors (Lipinski definition) is 2. The first-order chi connectivity index (χ1) is 8.16. The maximum absolute atomic E-state index is 9.88. The molecular formula is C12H13N3OS. The van der Waals surface area contributed by atoms with Crippen LogP contribution in [0.5, 0.6) is 5.06 Å². The van der Waals surface area contributed by atoms with Crippen molar-refractivity contribution in [3.8, 4) is 5.06 Å². The van der Waals surface area contributed by atoms with E-state index < -0.39 is 0 Å². The molecule has 5 heteroatoms. The number of aromatic nitrogens is 1. The predicted octanol–water partition coefficient (Wildman–Crippen LogP) is 1.97. The molecule has 0 amide bonds. The van der Waals surface area contributed by atoms with Gasteiger partial charge >= 0.3 is 0 Å². The standard InChI is InChI=1S/C12H13N3OS/c1-15-6-7-4-2-3-5-8(7)10(15)9-11(16)17-12(13)14-9/h2-5,10,16H,6H2,1H3,(H2,13,14). The lowest BCUT2D eigenvalue weighted by Crippen LogP contribution is -2.18. The molecule has 0 bridgehead atoms. The average Bonchev–Trinajstić information content (AvgIpc) is 2.77. The Morgan fingerprint density at radius 2 is 2.24 bits per heavy atom. The highest BCUT2D eigenvalue weighted by Crippen LogP contribution is 2.42. The maximum Gasteiger partial charge on any atom is 0.198 e. The van der Waals surface area contributed by atoms with Crippen LogP contribution in [0.15, 0.2) is 24.3 Å². The maximum atomic E-state index is 9.88. The molecule has 88 valence electrons. The van der Waals surface area contributed by atoms with Gasteiger partial charge in [0.15, 0.2) is 10.2 Å². The SMILES string of the molecule is CN1Cc2ccccc2C1c1nc(N)sc1O. The lowest BCUT2D eigenvalue weighted by molar-refractivity contribution is 0.294. The van der Waals surface area contributed by atoms with Gasteiger partial charge in [-0.2, -0.15) is 0 Å². The zero-order valence-corrected chi connectivity index (χ0v) is 10.2. The molecule has 4 nitrogen and oxygen atoms in total. The van der Waals surface area contributed by atoms with Crippen molar-refractivity contribution in [3.05, 3.63) is 41.1 Å². The predicted molar refractivity (Wildman–Crippen MR) is 67.9 cm³/mol. The average molecular weight is 247 g/mol. The summed E-state index contributed by atoms with van der Waals surface area (Å²) in [5, 5.41) is 10.5. The highest BCUT2D eigenvalue weighted by atomic mass is 32.1. The van der Waals surface area contributed by atoms with E-state index in [1.165, 1.54) is 11.1 Å². The summed E-state index contributed by atoms with van der Waals surface area (Å²) < 4.78 is 0. The zero-order chi connectivity index (χ0) is 12.0. The number of anilines is 1. The van der Waals surface area contributed by atoms with Crippen molar-refractivity contribution < 1.29 is 5.11 Å². The number of rotatable bonds is 1. The van der Waals surface area contributed by atoms with E-state index in [1.54, 1.807) is 0 Å². The van der Waals surface area contributed by atoms with Crippen LogP contribution in [0.4, 0.5) is 5.13 Å². The summed E-state index contributed by atoms with van der Waals surface area (Å²) in [7, 11) is 2.03. The van der Waals surface area contributed by atoms with E-state index in [9.17, 15) is 5.11 Å². The van der Waals surface area contributed by atoms with Gasteiger partial charge in [-0.15, -0.1) is 0 Å². The molecule has 1 aromatic carbocycles. The number of benzene rings is 1. The Labute approximate surface area is 103 Å². The number of thiazole rings is 1. The van der Waals surface area contributed by atoms with Crippen molar-refractivity contribution in [2.24, 2.45) is 0 Å². The minimum atomic E-state index is 0.0137. The highest BCUT2D eigenvalue weighted by molar-refractivity contribution is 7.17. The molecule has 1 aliphatic heterocycles. The summed E-state index contributed by atoms with van der Waals surface area (Å²) in [6.07, 6.45) is 0. The van der Waals surface area contributed by atoms with Crippen molar-refractivity contribution in [1.82, 2.24) is 9.88 Å². The summed E-state index contributed by atoms with van der Waals surface area (Å²) in [5.74, 6) is 0. The third-order valence-electron chi connectivity index (χ3n) is 3.12. The highest BCUT2D eigenvalue weighted by Gasteiger charge is 2.32. The van der Waals surface area contributed by atoms with E-state index in [1.807, 2.05) is 19.2 Å². The van der Waals surface area contributed by atoms with Crippen molar-refractivity contribution in [2.75, 3.05) is 12.8 Å². The molecule has 1 aromatic heterocycles. The Kier molecular flexibility index (Phi) is 2.31. The van der Waals surface area contributed by atoms with Crippen LogP contribution in [0.25, 0.3) is 0 Å². The van der Waals surface area contributed by atoms with Gasteiger partial charge in [-0.1, -0.05) is 35.6 Å². The number of aromatic hydroxyl groups is 1. The first kappa shape index (κ1) is 10.6. The van der Waals surface area contributed by atoms with Crippen LogP contribution in [0.1, 0.15) is 22.9 Å². The normalized spacial score (nSPS) is 19.5. The fourth-order valence-electron chi connectivity index (χ4n) is 2.42. The summed E-state index contributed by atoms with van der Waals surface area (Å²) in [4.78, 5) is 6.41. The number of hydrogen-bond acceptors (Lipinski definition) is 5. The molecule has 1 aliphatic rings. The van der Waals surface area contributed by atoms with Gasteiger partial charge < -0.3 is 10.8 Å². The molecular weight excluding hydrogens is 234 g/mol. The Morgan fingerprint density at radius 1 is 1.47 bits per heavy atom. The molecule has 0 saturated heterocycles. The first-order valence-corrected chi connectivity index (χ1v) is 6.21. The molecule has 17 heavy (non-hydrogen) atoms. The summed E-state index contributed by atoms with van der Waals surface area (Å²) >= 11 is 1.13. The van der Waals surface area contributed by atoms with Gasteiger partial charge in [-0.05, 0) is 18.2 Å². The largest absolute Gasteiger partial charge is 0.498 e. The second-order valence-electron chi connectivity index (χ2n) is 4.26. The van der Waals surface area contributed by atoms with Crippen LogP contribution < -0.4 is 5.73 Å². The fraction of sp³-hybridized carbons (Fsp3) is 0.250. The van der Waals surface area contributed by atoms with Gasteiger partial charge in [-0.3, -0.25) is 4.90 Å². The lowest BCUT2D eigenvalue weighted by Gasteiger charge is -2.18. The van der Waals surface area contributed by atoms with E-state index >= 15 is 0 Å². The number of fused-ring (bicyclic) bond motifs is 1. The topological polar surface area (TPSA) is 62.4 Å². The Morgan fingerprint density at radius 3 is 2.94 bits per heavy atom. The van der Waals surface area contributed by atoms with Crippen molar-refractivity contribution >= 4 is 16.5 Å². The smallest absolute Gasteiger partial charge is 0.198 e. The van der Waals surface area contributed by atoms with E-state index in [-0.39, 0.29) is 11.1 Å². The minimum absolute atomic E-state index is 0.0137. The molecule has 2 heterocycles. The van der Waals surface area contributed by atoms with Gasteiger partial charge in [0, 0.05) is 6.54 Å². The molecule has 1 atom stereocenters. The quantitative estimate of drug-likeness (QED) is 0.808. The Balaban J connectivity index is 2.12. The van der Waals surface area contributed by atoms with E-state index in [0.717, 1.165) is 17.9 Å². The van der Waals surface area contributed by atoms with Crippen LogP contribution in [-0.2, 0) is 6.54 Å². The number of nitrogens with two attached hydrogens (primary N) is 1. The molecule has 3 rings (SSSR count). The second-order valence-corrected chi connectivity index (χ2v) is 5.27. The van der Waals surface area contributed by atoms with Crippen molar-refractivity contribution in [1.29, 1.82) is 0 Å². The monoisotopic (exact) mass is 247 g/mol. The molecule has 0 fully saturated rings. The molecule has 0 saturated carbocycles. The van der Waals surface area contributed by atoms with Crippen LogP contribution in [-0.4, -0.2) is 22.0 Å². The molecule has 0 spiro atoms. The van der Waals surface area contributed by atoms with Crippen LogP contribution in [0.3, 0.4) is 0 Å². The van der Waals surface area contributed by atoms with E-state index in [4.69, 9.17) is 5.73 Å². The molecule has 0 aliphatic carbocycles. The van der Waals surface area contributed by atoms with Crippen LogP contribution in [0, 0.1) is 0 Å². The van der Waals surface area contributed by atoms with Gasteiger partial charge in [0.2, 0.25) is 0 Å². The number of nitrogen functional groups attached to an aromatic ring is 1. The summed E-state index contributed by atoms with van der Waals surface area (Å²) in [5.41, 5.74) is 8.80. The Hall–Kier alpha value is -1.59. The number of nitrogens with zero attached hydrogens (tertiary/aromatic N) is 2. The lowest BCUT2D eigenvalue weighted by atomic mass is 10.0. The van der Waals surface area contributed by atoms with Crippen molar-refractivity contribution in [3.63, 3.8) is 0 Å². The van der Waals surface area contributed by atoms with Gasteiger partial charge in [0.1, 0.15) is 5.69 Å². The second kappa shape index (κ2) is 3.72. The minimum Gasteiger partial charge on any atom is -0.498 e. The fourth-order valence-corrected chi connectivity index (χ4v) is 3.02. The molecule has 1 unspecified atom stereocenters. The van der Waals surface area contributed by atoms with E-state index in [2.05, 4.69) is 22.0 Å². The van der Waals surface area contributed by atoms with Crippen LogP contribution in [0.2, 0.25) is 0 Å². The van der Waals surface area contributed by atoms with Gasteiger partial charge in [0.25, 0.3) is 0 Å². The summed E-state index contributed by atoms with van der Waals surface area (Å²) in [6, 6.07) is 8.25. The van der Waals surface area contributed by atoms with Gasteiger partial charge in [-0.25, -0.2) is 4.98 Å². The third-order valence-corrected chi connectivity index (χ3v) is 3.82. The molecule has 3 N–H and O–H groups in total. The van der Waals surface area contributed by atoms with Crippen LogP contribution >= 0.6 is 11.3 Å². The Bertz CT molecular complexity index is 567. The van der Waals surface area contributed by atoms with Crippen molar-refractivity contribution in [2.45, 2.75) is 12.6 Å². The first-order valence-electron chi connectivity index (χ1n) is 5.40. The zero-order valence-electron chi connectivity index (χ0n) is 9.42. The summed E-state index contributed by atoms with van der Waals surface area (Å²) in [6.45, 7) is 0.873. The van der Waals surface area contributed by atoms with E-state index in [0.29, 0.717) is 10.8 Å². The van der Waals surface area contributed by atoms with Gasteiger partial charge in [0.05, 0.1) is 6.04 Å².